The Morgan fingerprint density at radius 1 is 0.576 bits per heavy atom. The van der Waals surface area contributed by atoms with Crippen LogP contribution in [-0.2, 0) is 16.1 Å². The van der Waals surface area contributed by atoms with Crippen molar-refractivity contribution in [2.45, 2.75) is 82.2 Å². The molecule has 5 rings (SSSR count). The van der Waals surface area contributed by atoms with E-state index >= 15 is 0 Å². The van der Waals surface area contributed by atoms with Crippen LogP contribution >= 0.6 is 0 Å². The van der Waals surface area contributed by atoms with E-state index in [1.165, 1.54) is 66.7 Å². The molecule has 0 spiro atoms. The number of unbranched alkanes of at least 4 members (excludes halogenated alkanes) is 2. The van der Waals surface area contributed by atoms with Gasteiger partial charge in [0.1, 0.15) is 29.6 Å². The fourth-order valence-corrected chi connectivity index (χ4v) is 6.40. The minimum Gasteiger partial charge on any atom is -0.494 e. The lowest BCUT2D eigenvalue weighted by atomic mass is 9.94. The molecule has 3 atom stereocenters. The number of hydrogen-bond acceptors (Lipinski definition) is 8. The van der Waals surface area contributed by atoms with Gasteiger partial charge in [0.15, 0.2) is 0 Å². The Labute approximate surface area is 331 Å². The number of ether oxygens (including phenoxy) is 5. The molecule has 59 heavy (non-hydrogen) atoms. The van der Waals surface area contributed by atoms with E-state index in [0.717, 1.165) is 6.42 Å². The number of halogens is 10. The maximum absolute atomic E-state index is 13.1. The van der Waals surface area contributed by atoms with E-state index in [1.807, 2.05) is 6.08 Å². The molecule has 1 fully saturated rings. The van der Waals surface area contributed by atoms with Crippen LogP contribution < -0.4 is 18.9 Å². The lowest BCUT2D eigenvalue weighted by molar-refractivity contribution is -0.284. The van der Waals surface area contributed by atoms with Crippen molar-refractivity contribution in [2.75, 3.05) is 13.2 Å². The minimum atomic E-state index is -5.63. The molecular weight excluding hydrogens is 810 g/mol. The van der Waals surface area contributed by atoms with E-state index in [4.69, 9.17) is 23.7 Å². The van der Waals surface area contributed by atoms with Gasteiger partial charge in [0, 0.05) is 18.4 Å². The zero-order valence-corrected chi connectivity index (χ0v) is 31.1. The molecule has 0 aromatic heterocycles. The van der Waals surface area contributed by atoms with Gasteiger partial charge in [-0.3, -0.25) is 4.79 Å². The number of allylic oxidation sites excluding steroid dienone is 2. The summed E-state index contributed by atoms with van der Waals surface area (Å²) in [7, 11) is 0. The maximum Gasteiger partial charge on any atom is 0.453 e. The summed E-state index contributed by atoms with van der Waals surface area (Å²) < 4.78 is 154. The molecule has 0 radical (unpaired) electrons. The monoisotopic (exact) mass is 848 g/mol. The van der Waals surface area contributed by atoms with Crippen molar-refractivity contribution in [3.05, 3.63) is 95.6 Å². The van der Waals surface area contributed by atoms with Crippen molar-refractivity contribution in [1.29, 1.82) is 0 Å². The first-order valence-electron chi connectivity index (χ1n) is 18.5. The normalized spacial score (nSPS) is 17.8. The Morgan fingerprint density at radius 3 is 1.53 bits per heavy atom. The highest BCUT2D eigenvalue weighted by Crippen LogP contribution is 2.44. The Bertz CT molecular complexity index is 1940. The molecule has 0 heterocycles. The predicted molar refractivity (Wildman–Crippen MR) is 189 cm³/mol. The highest BCUT2D eigenvalue weighted by molar-refractivity contribution is 5.92. The van der Waals surface area contributed by atoms with Gasteiger partial charge in [-0.2, -0.15) is 43.9 Å². The van der Waals surface area contributed by atoms with Crippen molar-refractivity contribution >= 4 is 17.9 Å². The molecule has 0 N–H and O–H groups in total. The summed E-state index contributed by atoms with van der Waals surface area (Å²) in [6.07, 6.45) is -9.50. The van der Waals surface area contributed by atoms with E-state index in [1.54, 1.807) is 0 Å². The Hall–Kier alpha value is -5.29. The summed E-state index contributed by atoms with van der Waals surface area (Å²) in [5.74, 6) is -11.3. The quantitative estimate of drug-likeness (QED) is 0.0387. The van der Waals surface area contributed by atoms with Crippen LogP contribution in [0.2, 0.25) is 0 Å². The summed E-state index contributed by atoms with van der Waals surface area (Å²) in [5, 5.41) is 0. The number of esters is 3. The summed E-state index contributed by atoms with van der Waals surface area (Å²) >= 11 is 0. The lowest BCUT2D eigenvalue weighted by Crippen LogP contribution is -2.36. The predicted octanol–water partition coefficient (Wildman–Crippen LogP) is 10.9. The van der Waals surface area contributed by atoms with Crippen molar-refractivity contribution in [3.63, 3.8) is 0 Å². The van der Waals surface area contributed by atoms with Gasteiger partial charge in [0.05, 0.1) is 30.3 Å². The molecule has 8 nitrogen and oxygen atoms in total. The number of carbonyl (C=O) groups is 3. The van der Waals surface area contributed by atoms with Crippen molar-refractivity contribution in [1.82, 2.24) is 0 Å². The Kier molecular flexibility index (Phi) is 14.2. The first-order chi connectivity index (χ1) is 27.7. The fraction of sp³-hybridized carbons (Fsp3) is 0.439. The average Bonchev–Trinajstić information content (AvgIpc) is 3.82. The molecule has 0 amide bonds. The van der Waals surface area contributed by atoms with E-state index in [0.29, 0.717) is 6.42 Å². The minimum absolute atomic E-state index is 0.0108. The van der Waals surface area contributed by atoms with Gasteiger partial charge >= 0.3 is 42.1 Å². The number of alkyl halides is 10. The SMILES string of the molecule is O=C(Oc1ccc(OC(=O)c2ccc(OCCCCC(F)(F)C(F)(F)F)cc2)c(COC(=O)C2CC3C=CC2C3)c1)c1ccc(OCCCCC(F)(F)C(F)(F)F)cc1. The molecule has 3 aromatic rings. The second-order valence-corrected chi connectivity index (χ2v) is 14.1. The van der Waals surface area contributed by atoms with Crippen molar-refractivity contribution in [3.8, 4) is 23.0 Å². The van der Waals surface area contributed by atoms with Crippen molar-refractivity contribution in [2.24, 2.45) is 17.8 Å². The van der Waals surface area contributed by atoms with E-state index in [9.17, 15) is 58.3 Å². The van der Waals surface area contributed by atoms with Gasteiger partial charge in [-0.25, -0.2) is 9.59 Å². The molecule has 2 aliphatic carbocycles. The number of hydrogen-bond donors (Lipinski definition) is 0. The third kappa shape index (κ3) is 12.1. The number of benzene rings is 3. The number of fused-ring (bicyclic) bond motifs is 2. The molecule has 2 bridgehead atoms. The third-order valence-electron chi connectivity index (χ3n) is 9.71. The zero-order valence-electron chi connectivity index (χ0n) is 31.1. The first kappa shape index (κ1) is 44.8. The fourth-order valence-electron chi connectivity index (χ4n) is 6.40. The Morgan fingerprint density at radius 2 is 1.07 bits per heavy atom. The van der Waals surface area contributed by atoms with Crippen LogP contribution in [0, 0.1) is 17.8 Å². The molecule has 3 unspecified atom stereocenters. The molecule has 0 aliphatic heterocycles. The van der Waals surface area contributed by atoms with E-state index in [2.05, 4.69) is 6.08 Å². The van der Waals surface area contributed by atoms with Crippen LogP contribution in [0.1, 0.15) is 77.6 Å². The van der Waals surface area contributed by atoms with Gasteiger partial charge < -0.3 is 23.7 Å². The van der Waals surface area contributed by atoms with Crippen LogP contribution in [0.5, 0.6) is 23.0 Å². The molecule has 320 valence electrons. The van der Waals surface area contributed by atoms with Gasteiger partial charge in [0.2, 0.25) is 0 Å². The van der Waals surface area contributed by atoms with Crippen LogP contribution in [0.15, 0.2) is 78.9 Å². The lowest BCUT2D eigenvalue weighted by Gasteiger charge is -2.19. The maximum atomic E-state index is 13.1. The van der Waals surface area contributed by atoms with Gasteiger partial charge in [-0.05, 0) is 117 Å². The Balaban J connectivity index is 1.17. The van der Waals surface area contributed by atoms with Crippen LogP contribution in [0.25, 0.3) is 0 Å². The molecule has 0 saturated heterocycles. The summed E-state index contributed by atoms with van der Waals surface area (Å²) in [6, 6.07) is 14.9. The second-order valence-electron chi connectivity index (χ2n) is 14.1. The van der Waals surface area contributed by atoms with Gasteiger partial charge in [0.25, 0.3) is 0 Å². The topological polar surface area (TPSA) is 97.4 Å². The van der Waals surface area contributed by atoms with E-state index in [-0.39, 0.29) is 90.1 Å². The molecule has 1 saturated carbocycles. The van der Waals surface area contributed by atoms with Gasteiger partial charge in [-0.15, -0.1) is 0 Å². The molecular formula is C41H38F10O8. The van der Waals surface area contributed by atoms with Crippen LogP contribution in [-0.4, -0.2) is 55.3 Å². The van der Waals surface area contributed by atoms with E-state index < -0.39 is 67.8 Å². The summed E-state index contributed by atoms with van der Waals surface area (Å²) in [4.78, 5) is 39.1. The summed E-state index contributed by atoms with van der Waals surface area (Å²) in [6.45, 7) is -0.652. The number of rotatable bonds is 19. The highest BCUT2D eigenvalue weighted by Gasteiger charge is 2.57. The third-order valence-corrected chi connectivity index (χ3v) is 9.71. The van der Waals surface area contributed by atoms with Crippen LogP contribution in [0.3, 0.4) is 0 Å². The molecule has 3 aromatic carbocycles. The second kappa shape index (κ2) is 18.7. The molecule has 2 aliphatic rings. The highest BCUT2D eigenvalue weighted by atomic mass is 19.4. The molecule has 18 heteroatoms. The number of carbonyl (C=O) groups excluding carboxylic acids is 3. The largest absolute Gasteiger partial charge is 0.494 e. The summed E-state index contributed by atoms with van der Waals surface area (Å²) in [5.41, 5.74) is 0.277. The smallest absolute Gasteiger partial charge is 0.453 e. The van der Waals surface area contributed by atoms with Crippen molar-refractivity contribution < 1.29 is 82.0 Å². The average molecular weight is 849 g/mol. The van der Waals surface area contributed by atoms with Gasteiger partial charge in [-0.1, -0.05) is 12.2 Å². The van der Waals surface area contributed by atoms with Crippen LogP contribution in [0.4, 0.5) is 43.9 Å². The first-order valence-corrected chi connectivity index (χ1v) is 18.5. The standard InChI is InChI=1S/C41H38F10O8/c42-38(43,40(46,47)48)17-1-3-19-55-30-11-7-26(8-12-30)35(52)58-32-15-16-34(29(23-32)24-57-37(54)33-22-25-5-6-28(33)21-25)59-36(53)27-9-13-31(14-10-27)56-20-4-2-18-39(44,45)41(49,50)51/h5-16,23,25,28,33H,1-4,17-22,24H2. The zero-order chi connectivity index (χ0) is 43.0.